The molecule has 4 rings (SSSR count). The maximum absolute atomic E-state index is 12.9. The number of pyridine rings is 1. The van der Waals surface area contributed by atoms with Gasteiger partial charge >= 0.3 is 0 Å². The highest BCUT2D eigenvalue weighted by molar-refractivity contribution is 6.09. The molecule has 0 aliphatic heterocycles. The summed E-state index contributed by atoms with van der Waals surface area (Å²) in [5.74, 6) is -0.158. The lowest BCUT2D eigenvalue weighted by Crippen LogP contribution is -2.15. The first-order chi connectivity index (χ1) is 13.2. The number of para-hydroxylation sites is 1. The van der Waals surface area contributed by atoms with Crippen molar-refractivity contribution in [1.82, 2.24) is 15.2 Å². The standard InChI is InChI=1S/C21H19N5O/c1-14-10-16-13-24-26-20(16)11-19(14)25-21(27)17-4-2-3-5-18(17)23-12-15-6-8-22-9-7-15/h2-11,13,23H,12H2,1H3,(H,24,26)(H,25,27). The Labute approximate surface area is 156 Å². The topological polar surface area (TPSA) is 82.7 Å². The number of nitrogens with one attached hydrogen (secondary N) is 3. The summed E-state index contributed by atoms with van der Waals surface area (Å²) >= 11 is 0. The summed E-state index contributed by atoms with van der Waals surface area (Å²) in [4.78, 5) is 16.9. The molecule has 0 spiro atoms. The molecule has 0 aliphatic carbocycles. The van der Waals surface area contributed by atoms with E-state index in [0.717, 1.165) is 33.4 Å². The number of nitrogens with zero attached hydrogens (tertiary/aromatic N) is 2. The van der Waals surface area contributed by atoms with E-state index in [1.807, 2.05) is 55.5 Å². The Hall–Kier alpha value is -3.67. The number of fused-ring (bicyclic) bond motifs is 1. The monoisotopic (exact) mass is 357 g/mol. The van der Waals surface area contributed by atoms with Gasteiger partial charge in [-0.1, -0.05) is 12.1 Å². The molecule has 3 N–H and O–H groups in total. The van der Waals surface area contributed by atoms with E-state index >= 15 is 0 Å². The van der Waals surface area contributed by atoms with Crippen LogP contribution in [0.15, 0.2) is 67.1 Å². The lowest BCUT2D eigenvalue weighted by molar-refractivity contribution is 0.102. The highest BCUT2D eigenvalue weighted by atomic mass is 16.1. The van der Waals surface area contributed by atoms with Crippen molar-refractivity contribution in [2.24, 2.45) is 0 Å². The fourth-order valence-corrected chi connectivity index (χ4v) is 2.96. The van der Waals surface area contributed by atoms with Crippen LogP contribution < -0.4 is 10.6 Å². The van der Waals surface area contributed by atoms with Gasteiger partial charge < -0.3 is 10.6 Å². The second-order valence-electron chi connectivity index (χ2n) is 6.33. The second-order valence-corrected chi connectivity index (χ2v) is 6.33. The third-order valence-electron chi connectivity index (χ3n) is 4.44. The summed E-state index contributed by atoms with van der Waals surface area (Å²) in [6.07, 6.45) is 5.28. The number of aromatic nitrogens is 3. The molecule has 0 atom stereocenters. The number of carbonyl (C=O) groups excluding carboxylic acids is 1. The summed E-state index contributed by atoms with van der Waals surface area (Å²) in [5.41, 5.74) is 5.11. The maximum atomic E-state index is 12.9. The molecule has 1 amide bonds. The lowest BCUT2D eigenvalue weighted by atomic mass is 10.1. The number of amides is 1. The molecule has 4 aromatic rings. The second kappa shape index (κ2) is 7.29. The lowest BCUT2D eigenvalue weighted by Gasteiger charge is -2.13. The summed E-state index contributed by atoms with van der Waals surface area (Å²) in [6.45, 7) is 2.58. The predicted molar refractivity (Wildman–Crippen MR) is 107 cm³/mol. The van der Waals surface area contributed by atoms with Crippen molar-refractivity contribution in [2.45, 2.75) is 13.5 Å². The summed E-state index contributed by atoms with van der Waals surface area (Å²) in [6, 6.07) is 15.3. The van der Waals surface area contributed by atoms with E-state index in [2.05, 4.69) is 25.8 Å². The van der Waals surface area contributed by atoms with Crippen LogP contribution in [0.3, 0.4) is 0 Å². The summed E-state index contributed by atoms with van der Waals surface area (Å²) < 4.78 is 0. The SMILES string of the molecule is Cc1cc2cn[nH]c2cc1NC(=O)c1ccccc1NCc1ccncc1. The summed E-state index contributed by atoms with van der Waals surface area (Å²) in [7, 11) is 0. The Balaban J connectivity index is 1.55. The van der Waals surface area contributed by atoms with E-state index in [1.54, 1.807) is 18.6 Å². The first-order valence-electron chi connectivity index (χ1n) is 8.67. The molecule has 0 saturated carbocycles. The Morgan fingerprint density at radius 2 is 1.89 bits per heavy atom. The molecule has 2 aromatic heterocycles. The van der Waals surface area contributed by atoms with Crippen LogP contribution in [0.1, 0.15) is 21.5 Å². The summed E-state index contributed by atoms with van der Waals surface area (Å²) in [5, 5.41) is 14.3. The average molecular weight is 357 g/mol. The third-order valence-corrected chi connectivity index (χ3v) is 4.44. The smallest absolute Gasteiger partial charge is 0.257 e. The minimum absolute atomic E-state index is 0.158. The van der Waals surface area contributed by atoms with Gasteiger partial charge in [-0.05, 0) is 54.4 Å². The van der Waals surface area contributed by atoms with Gasteiger partial charge in [0.25, 0.3) is 5.91 Å². The van der Waals surface area contributed by atoms with Crippen molar-refractivity contribution in [2.75, 3.05) is 10.6 Å². The number of rotatable bonds is 5. The molecule has 0 fully saturated rings. The zero-order valence-electron chi connectivity index (χ0n) is 14.9. The van der Waals surface area contributed by atoms with E-state index < -0.39 is 0 Å². The van der Waals surface area contributed by atoms with Crippen molar-refractivity contribution >= 4 is 28.2 Å². The van der Waals surface area contributed by atoms with Gasteiger partial charge in [0, 0.05) is 35.7 Å². The molecule has 0 bridgehead atoms. The van der Waals surface area contributed by atoms with Crippen molar-refractivity contribution in [3.63, 3.8) is 0 Å². The Morgan fingerprint density at radius 3 is 2.74 bits per heavy atom. The van der Waals surface area contributed by atoms with Crippen LogP contribution in [-0.4, -0.2) is 21.1 Å². The molecular formula is C21H19N5O. The molecule has 27 heavy (non-hydrogen) atoms. The van der Waals surface area contributed by atoms with Gasteiger partial charge in [-0.25, -0.2) is 0 Å². The molecule has 0 saturated heterocycles. The molecule has 134 valence electrons. The predicted octanol–water partition coefficient (Wildman–Crippen LogP) is 4.13. The molecule has 6 heteroatoms. The molecule has 2 aromatic carbocycles. The van der Waals surface area contributed by atoms with Crippen LogP contribution in [0.5, 0.6) is 0 Å². The van der Waals surface area contributed by atoms with Crippen LogP contribution >= 0.6 is 0 Å². The van der Waals surface area contributed by atoms with Crippen molar-refractivity contribution in [3.05, 3.63) is 83.8 Å². The molecule has 0 unspecified atom stereocenters. The highest BCUT2D eigenvalue weighted by Crippen LogP contribution is 2.24. The van der Waals surface area contributed by atoms with E-state index in [-0.39, 0.29) is 5.91 Å². The molecule has 2 heterocycles. The number of H-pyrrole nitrogens is 1. The van der Waals surface area contributed by atoms with Crippen LogP contribution in [-0.2, 0) is 6.54 Å². The van der Waals surface area contributed by atoms with Gasteiger partial charge in [0.1, 0.15) is 0 Å². The van der Waals surface area contributed by atoms with Gasteiger partial charge in [0.2, 0.25) is 0 Å². The first-order valence-corrected chi connectivity index (χ1v) is 8.67. The molecule has 6 nitrogen and oxygen atoms in total. The Kier molecular flexibility index (Phi) is 4.53. The van der Waals surface area contributed by atoms with Crippen LogP contribution in [0, 0.1) is 6.92 Å². The van der Waals surface area contributed by atoms with Gasteiger partial charge in [0.15, 0.2) is 0 Å². The molecule has 0 aliphatic rings. The van der Waals surface area contributed by atoms with Gasteiger partial charge in [-0.3, -0.25) is 14.9 Å². The minimum atomic E-state index is -0.158. The van der Waals surface area contributed by atoms with E-state index in [1.165, 1.54) is 0 Å². The van der Waals surface area contributed by atoms with Gasteiger partial charge in [-0.15, -0.1) is 0 Å². The fraction of sp³-hybridized carbons (Fsp3) is 0.0952. The van der Waals surface area contributed by atoms with Gasteiger partial charge in [-0.2, -0.15) is 5.10 Å². The average Bonchev–Trinajstić information content (AvgIpc) is 3.14. The number of hydrogen-bond donors (Lipinski definition) is 3. The van der Waals surface area contributed by atoms with Crippen molar-refractivity contribution < 1.29 is 4.79 Å². The number of aryl methyl sites for hydroxylation is 1. The normalized spacial score (nSPS) is 10.7. The maximum Gasteiger partial charge on any atom is 0.257 e. The zero-order valence-corrected chi connectivity index (χ0v) is 14.9. The Morgan fingerprint density at radius 1 is 1.07 bits per heavy atom. The van der Waals surface area contributed by atoms with Crippen molar-refractivity contribution in [1.29, 1.82) is 0 Å². The van der Waals surface area contributed by atoms with Crippen LogP contribution in [0.2, 0.25) is 0 Å². The molecule has 0 radical (unpaired) electrons. The molecular weight excluding hydrogens is 338 g/mol. The van der Waals surface area contributed by atoms with E-state index in [0.29, 0.717) is 12.1 Å². The largest absolute Gasteiger partial charge is 0.380 e. The minimum Gasteiger partial charge on any atom is -0.380 e. The quantitative estimate of drug-likeness (QED) is 0.501. The van der Waals surface area contributed by atoms with E-state index in [4.69, 9.17) is 0 Å². The van der Waals surface area contributed by atoms with Crippen LogP contribution in [0.4, 0.5) is 11.4 Å². The van der Waals surface area contributed by atoms with Crippen molar-refractivity contribution in [3.8, 4) is 0 Å². The van der Waals surface area contributed by atoms with Crippen LogP contribution in [0.25, 0.3) is 10.9 Å². The number of anilines is 2. The number of carbonyl (C=O) groups is 1. The number of benzene rings is 2. The first kappa shape index (κ1) is 16.8. The zero-order chi connectivity index (χ0) is 18.6. The fourth-order valence-electron chi connectivity index (χ4n) is 2.96. The number of aromatic amines is 1. The third kappa shape index (κ3) is 3.64. The van der Waals surface area contributed by atoms with Gasteiger partial charge in [0.05, 0.1) is 17.3 Å². The number of hydrogen-bond acceptors (Lipinski definition) is 4. The van der Waals surface area contributed by atoms with E-state index in [9.17, 15) is 4.79 Å². The Bertz CT molecular complexity index is 1090. The highest BCUT2D eigenvalue weighted by Gasteiger charge is 2.13.